The largest absolute Gasteiger partial charge is 0.372 e. The molecule has 1 amide bonds. The van der Waals surface area contributed by atoms with Crippen LogP contribution < -0.4 is 16.0 Å². The van der Waals surface area contributed by atoms with E-state index in [0.29, 0.717) is 6.54 Å². The molecule has 0 bridgehead atoms. The molecule has 0 radical (unpaired) electrons. The van der Waals surface area contributed by atoms with E-state index in [1.807, 2.05) is 18.2 Å². The molecule has 4 heteroatoms. The van der Waals surface area contributed by atoms with Crippen molar-refractivity contribution < 1.29 is 4.79 Å². The first-order chi connectivity index (χ1) is 8.65. The van der Waals surface area contributed by atoms with E-state index in [1.54, 1.807) is 6.92 Å². The van der Waals surface area contributed by atoms with Gasteiger partial charge in [-0.1, -0.05) is 18.2 Å². The van der Waals surface area contributed by atoms with Gasteiger partial charge < -0.3 is 16.0 Å². The molecular formula is C14H23N3O. The third-order valence-corrected chi connectivity index (χ3v) is 2.82. The minimum Gasteiger partial charge on any atom is -0.372 e. The normalized spacial score (nSPS) is 11.9. The molecule has 100 valence electrons. The zero-order valence-corrected chi connectivity index (χ0v) is 11.2. The van der Waals surface area contributed by atoms with E-state index in [-0.39, 0.29) is 5.91 Å². The van der Waals surface area contributed by atoms with Crippen LogP contribution in [0.1, 0.15) is 20.3 Å². The maximum atomic E-state index is 11.3. The number of amides is 1. The van der Waals surface area contributed by atoms with Crippen molar-refractivity contribution >= 4 is 11.6 Å². The number of para-hydroxylation sites is 1. The second kappa shape index (κ2) is 7.71. The Kier molecular flexibility index (Phi) is 6.22. The highest BCUT2D eigenvalue weighted by Crippen LogP contribution is 2.12. The predicted octanol–water partition coefficient (Wildman–Crippen LogP) is 1.37. The number of carbonyl (C=O) groups excluding carboxylic acids is 1. The molecule has 1 aromatic carbocycles. The lowest BCUT2D eigenvalue weighted by atomic mass is 10.2. The summed E-state index contributed by atoms with van der Waals surface area (Å²) in [5.41, 5.74) is 6.69. The van der Waals surface area contributed by atoms with Gasteiger partial charge in [0.05, 0.1) is 6.04 Å². The van der Waals surface area contributed by atoms with Crippen molar-refractivity contribution in [2.45, 2.75) is 26.3 Å². The summed E-state index contributed by atoms with van der Waals surface area (Å²) in [6.45, 7) is 6.39. The number of hydrogen-bond acceptors (Lipinski definition) is 3. The summed E-state index contributed by atoms with van der Waals surface area (Å²) in [5.74, 6) is -0.0854. The number of benzene rings is 1. The first kappa shape index (κ1) is 14.5. The SMILES string of the molecule is CCN(CCCNC(=O)[C@H](C)N)c1ccccc1. The highest BCUT2D eigenvalue weighted by atomic mass is 16.2. The molecule has 1 aromatic rings. The van der Waals surface area contributed by atoms with Gasteiger partial charge in [-0.2, -0.15) is 0 Å². The number of nitrogens with one attached hydrogen (secondary N) is 1. The zero-order chi connectivity index (χ0) is 13.4. The van der Waals surface area contributed by atoms with E-state index in [9.17, 15) is 4.79 Å². The summed E-state index contributed by atoms with van der Waals surface area (Å²) in [6, 6.07) is 9.86. The van der Waals surface area contributed by atoms with Gasteiger partial charge in [0.25, 0.3) is 0 Å². The van der Waals surface area contributed by atoms with Crippen molar-refractivity contribution in [1.29, 1.82) is 0 Å². The van der Waals surface area contributed by atoms with Crippen molar-refractivity contribution in [3.63, 3.8) is 0 Å². The molecule has 0 fully saturated rings. The standard InChI is InChI=1S/C14H23N3O/c1-3-17(13-8-5-4-6-9-13)11-7-10-16-14(18)12(2)15/h4-6,8-9,12H,3,7,10-11,15H2,1-2H3,(H,16,18)/t12-/m0/s1. The fraction of sp³-hybridized carbons (Fsp3) is 0.500. The fourth-order valence-corrected chi connectivity index (χ4v) is 1.75. The summed E-state index contributed by atoms with van der Waals surface area (Å²) in [7, 11) is 0. The summed E-state index contributed by atoms with van der Waals surface area (Å²) >= 11 is 0. The molecule has 0 spiro atoms. The molecule has 4 nitrogen and oxygen atoms in total. The average Bonchev–Trinajstić information content (AvgIpc) is 2.39. The molecule has 0 aliphatic carbocycles. The van der Waals surface area contributed by atoms with Crippen LogP contribution in [0.4, 0.5) is 5.69 Å². The maximum absolute atomic E-state index is 11.3. The lowest BCUT2D eigenvalue weighted by Crippen LogP contribution is -2.39. The van der Waals surface area contributed by atoms with Gasteiger partial charge in [-0.3, -0.25) is 4.79 Å². The monoisotopic (exact) mass is 249 g/mol. The van der Waals surface area contributed by atoms with Crippen LogP contribution in [0.15, 0.2) is 30.3 Å². The number of hydrogen-bond donors (Lipinski definition) is 2. The van der Waals surface area contributed by atoms with Crippen LogP contribution in [-0.2, 0) is 4.79 Å². The predicted molar refractivity (Wildman–Crippen MR) is 75.6 cm³/mol. The Morgan fingerprint density at radius 3 is 2.61 bits per heavy atom. The highest BCUT2D eigenvalue weighted by Gasteiger charge is 2.06. The molecule has 0 aliphatic heterocycles. The van der Waals surface area contributed by atoms with E-state index in [4.69, 9.17) is 5.73 Å². The Bertz CT molecular complexity index is 351. The zero-order valence-electron chi connectivity index (χ0n) is 11.2. The molecule has 0 saturated heterocycles. The van der Waals surface area contributed by atoms with Gasteiger partial charge in [0.15, 0.2) is 0 Å². The lowest BCUT2D eigenvalue weighted by molar-refractivity contribution is -0.121. The number of anilines is 1. The summed E-state index contributed by atoms with van der Waals surface area (Å²) < 4.78 is 0. The lowest BCUT2D eigenvalue weighted by Gasteiger charge is -2.23. The van der Waals surface area contributed by atoms with Crippen LogP contribution in [0.3, 0.4) is 0 Å². The molecule has 0 aromatic heterocycles. The summed E-state index contributed by atoms with van der Waals surface area (Å²) in [6.07, 6.45) is 0.918. The van der Waals surface area contributed by atoms with E-state index in [0.717, 1.165) is 19.5 Å². The Morgan fingerprint density at radius 1 is 1.39 bits per heavy atom. The van der Waals surface area contributed by atoms with Crippen LogP contribution in [0.2, 0.25) is 0 Å². The molecule has 18 heavy (non-hydrogen) atoms. The molecule has 1 atom stereocenters. The molecule has 0 unspecified atom stereocenters. The van der Waals surface area contributed by atoms with Gasteiger partial charge in [-0.15, -0.1) is 0 Å². The van der Waals surface area contributed by atoms with E-state index in [1.165, 1.54) is 5.69 Å². The molecule has 1 rings (SSSR count). The third kappa shape index (κ3) is 4.75. The molecule has 0 saturated carbocycles. The van der Waals surface area contributed by atoms with Crippen LogP contribution >= 0.6 is 0 Å². The van der Waals surface area contributed by atoms with Crippen LogP contribution in [0.5, 0.6) is 0 Å². The van der Waals surface area contributed by atoms with Gasteiger partial charge in [0.1, 0.15) is 0 Å². The van der Waals surface area contributed by atoms with Gasteiger partial charge in [0.2, 0.25) is 5.91 Å². The quantitative estimate of drug-likeness (QED) is 0.718. The summed E-state index contributed by atoms with van der Waals surface area (Å²) in [5, 5.41) is 2.82. The number of carbonyl (C=O) groups is 1. The van der Waals surface area contributed by atoms with Gasteiger partial charge in [0, 0.05) is 25.3 Å². The van der Waals surface area contributed by atoms with E-state index >= 15 is 0 Å². The highest BCUT2D eigenvalue weighted by molar-refractivity contribution is 5.80. The fourth-order valence-electron chi connectivity index (χ4n) is 1.75. The second-order valence-electron chi connectivity index (χ2n) is 4.35. The minimum absolute atomic E-state index is 0.0854. The van der Waals surface area contributed by atoms with Crippen molar-refractivity contribution in [1.82, 2.24) is 5.32 Å². The van der Waals surface area contributed by atoms with Crippen LogP contribution in [0, 0.1) is 0 Å². The minimum atomic E-state index is -0.429. The molecular weight excluding hydrogens is 226 g/mol. The number of nitrogens with two attached hydrogens (primary N) is 1. The topological polar surface area (TPSA) is 58.4 Å². The smallest absolute Gasteiger partial charge is 0.236 e. The van der Waals surface area contributed by atoms with E-state index < -0.39 is 6.04 Å². The summed E-state index contributed by atoms with van der Waals surface area (Å²) in [4.78, 5) is 13.6. The van der Waals surface area contributed by atoms with Gasteiger partial charge in [-0.25, -0.2) is 0 Å². The molecule has 0 aliphatic rings. The number of nitrogens with zero attached hydrogens (tertiary/aromatic N) is 1. The molecule has 3 N–H and O–H groups in total. The maximum Gasteiger partial charge on any atom is 0.236 e. The van der Waals surface area contributed by atoms with Gasteiger partial charge in [-0.05, 0) is 32.4 Å². The van der Waals surface area contributed by atoms with Gasteiger partial charge >= 0.3 is 0 Å². The second-order valence-corrected chi connectivity index (χ2v) is 4.35. The van der Waals surface area contributed by atoms with Crippen LogP contribution in [0.25, 0.3) is 0 Å². The Labute approximate surface area is 109 Å². The van der Waals surface area contributed by atoms with Crippen molar-refractivity contribution in [2.24, 2.45) is 5.73 Å². The van der Waals surface area contributed by atoms with Crippen molar-refractivity contribution in [3.8, 4) is 0 Å². The van der Waals surface area contributed by atoms with Crippen molar-refractivity contribution in [3.05, 3.63) is 30.3 Å². The molecule has 0 heterocycles. The Balaban J connectivity index is 2.31. The average molecular weight is 249 g/mol. The Morgan fingerprint density at radius 2 is 2.06 bits per heavy atom. The Hall–Kier alpha value is -1.55. The number of rotatable bonds is 7. The third-order valence-electron chi connectivity index (χ3n) is 2.82. The first-order valence-electron chi connectivity index (χ1n) is 6.48. The van der Waals surface area contributed by atoms with Crippen molar-refractivity contribution in [2.75, 3.05) is 24.5 Å². The van der Waals surface area contributed by atoms with E-state index in [2.05, 4.69) is 29.3 Å². The van der Waals surface area contributed by atoms with Crippen LogP contribution in [-0.4, -0.2) is 31.6 Å². The first-order valence-corrected chi connectivity index (χ1v) is 6.48.